The Bertz CT molecular complexity index is 467. The van der Waals surface area contributed by atoms with Crippen molar-refractivity contribution in [2.24, 2.45) is 5.73 Å². The standard InChI is InChI=1S/C16H24ClN3O/c17-15-7-2-1-5-13(15)12-20-10-4-3-6-14(20)11-19-16(21)8-9-18/h1-2,5,7,14H,3-4,6,8-12,18H2,(H,19,21). The Morgan fingerprint density at radius 3 is 2.95 bits per heavy atom. The molecule has 3 N–H and O–H groups in total. The number of rotatable bonds is 6. The molecular weight excluding hydrogens is 286 g/mol. The molecule has 0 aromatic heterocycles. The highest BCUT2D eigenvalue weighted by molar-refractivity contribution is 6.31. The fourth-order valence-electron chi connectivity index (χ4n) is 2.80. The molecule has 1 aromatic carbocycles. The molecule has 1 saturated heterocycles. The maximum atomic E-state index is 11.6. The van der Waals surface area contributed by atoms with Crippen molar-refractivity contribution >= 4 is 17.5 Å². The first kappa shape index (κ1) is 16.3. The maximum absolute atomic E-state index is 11.6. The van der Waals surface area contributed by atoms with Crippen LogP contribution in [0, 0.1) is 0 Å². The summed E-state index contributed by atoms with van der Waals surface area (Å²) in [5.74, 6) is 0.0424. The summed E-state index contributed by atoms with van der Waals surface area (Å²) in [6, 6.07) is 8.35. The van der Waals surface area contributed by atoms with E-state index in [1.807, 2.05) is 18.2 Å². The Labute approximate surface area is 131 Å². The minimum atomic E-state index is 0.0424. The highest BCUT2D eigenvalue weighted by atomic mass is 35.5. The number of likely N-dealkylation sites (tertiary alicyclic amines) is 1. The van der Waals surface area contributed by atoms with Crippen molar-refractivity contribution in [1.29, 1.82) is 0 Å². The molecule has 0 spiro atoms. The van der Waals surface area contributed by atoms with Gasteiger partial charge in [-0.25, -0.2) is 0 Å². The number of piperidine rings is 1. The summed E-state index contributed by atoms with van der Waals surface area (Å²) in [5, 5.41) is 3.80. The minimum absolute atomic E-state index is 0.0424. The number of amides is 1. The molecule has 5 heteroatoms. The Balaban J connectivity index is 1.92. The first-order valence-electron chi connectivity index (χ1n) is 7.65. The number of hydrogen-bond donors (Lipinski definition) is 2. The van der Waals surface area contributed by atoms with Gasteiger partial charge >= 0.3 is 0 Å². The minimum Gasteiger partial charge on any atom is -0.354 e. The van der Waals surface area contributed by atoms with Gasteiger partial charge in [-0.2, -0.15) is 0 Å². The lowest BCUT2D eigenvalue weighted by molar-refractivity contribution is -0.121. The van der Waals surface area contributed by atoms with Crippen LogP contribution in [0.15, 0.2) is 24.3 Å². The van der Waals surface area contributed by atoms with E-state index >= 15 is 0 Å². The quantitative estimate of drug-likeness (QED) is 0.846. The second-order valence-electron chi connectivity index (χ2n) is 5.55. The van der Waals surface area contributed by atoms with E-state index in [4.69, 9.17) is 17.3 Å². The van der Waals surface area contributed by atoms with Crippen LogP contribution >= 0.6 is 11.6 Å². The SMILES string of the molecule is NCCC(=O)NCC1CCCCN1Cc1ccccc1Cl. The van der Waals surface area contributed by atoms with E-state index in [1.54, 1.807) is 0 Å². The number of hydrogen-bond acceptors (Lipinski definition) is 3. The van der Waals surface area contributed by atoms with Gasteiger partial charge in [0.25, 0.3) is 0 Å². The van der Waals surface area contributed by atoms with Crippen LogP contribution in [-0.2, 0) is 11.3 Å². The highest BCUT2D eigenvalue weighted by Gasteiger charge is 2.23. The number of nitrogens with two attached hydrogens (primary N) is 1. The molecule has 0 bridgehead atoms. The molecule has 1 aliphatic heterocycles. The van der Waals surface area contributed by atoms with E-state index in [9.17, 15) is 4.79 Å². The van der Waals surface area contributed by atoms with E-state index in [0.29, 0.717) is 25.6 Å². The number of carbonyl (C=O) groups excluding carboxylic acids is 1. The molecule has 0 radical (unpaired) electrons. The number of nitrogens with zero attached hydrogens (tertiary/aromatic N) is 1. The van der Waals surface area contributed by atoms with Gasteiger partial charge in [0.05, 0.1) is 0 Å². The highest BCUT2D eigenvalue weighted by Crippen LogP contribution is 2.22. The van der Waals surface area contributed by atoms with E-state index < -0.39 is 0 Å². The van der Waals surface area contributed by atoms with E-state index in [0.717, 1.165) is 30.1 Å². The Morgan fingerprint density at radius 2 is 2.19 bits per heavy atom. The largest absolute Gasteiger partial charge is 0.354 e. The molecule has 1 atom stereocenters. The van der Waals surface area contributed by atoms with Gasteiger partial charge < -0.3 is 11.1 Å². The van der Waals surface area contributed by atoms with Crippen molar-refractivity contribution < 1.29 is 4.79 Å². The predicted molar refractivity (Wildman–Crippen MR) is 86.2 cm³/mol. The second kappa shape index (κ2) is 8.37. The molecule has 21 heavy (non-hydrogen) atoms. The van der Waals surface area contributed by atoms with Gasteiger partial charge in [0.15, 0.2) is 0 Å². The van der Waals surface area contributed by atoms with Crippen LogP contribution in [0.1, 0.15) is 31.2 Å². The van der Waals surface area contributed by atoms with E-state index in [2.05, 4.69) is 16.3 Å². The lowest BCUT2D eigenvalue weighted by Crippen LogP contribution is -2.46. The Hall–Kier alpha value is -1.10. The molecular formula is C16H24ClN3O. The number of halogens is 1. The molecule has 4 nitrogen and oxygen atoms in total. The average molecular weight is 310 g/mol. The van der Waals surface area contributed by atoms with Gasteiger partial charge in [0.2, 0.25) is 5.91 Å². The van der Waals surface area contributed by atoms with E-state index in [1.165, 1.54) is 12.8 Å². The predicted octanol–water partition coefficient (Wildman–Crippen LogP) is 2.16. The number of carbonyl (C=O) groups is 1. The summed E-state index contributed by atoms with van der Waals surface area (Å²) in [4.78, 5) is 14.0. The zero-order valence-corrected chi connectivity index (χ0v) is 13.1. The average Bonchev–Trinajstić information content (AvgIpc) is 2.49. The smallest absolute Gasteiger partial charge is 0.221 e. The molecule has 1 unspecified atom stereocenters. The van der Waals surface area contributed by atoms with Crippen LogP contribution in [0.4, 0.5) is 0 Å². The van der Waals surface area contributed by atoms with Gasteiger partial charge in [0, 0.05) is 37.1 Å². The maximum Gasteiger partial charge on any atom is 0.221 e. The topological polar surface area (TPSA) is 58.4 Å². The summed E-state index contributed by atoms with van der Waals surface area (Å²) in [6.07, 6.45) is 3.94. The van der Waals surface area contributed by atoms with Gasteiger partial charge in [0.1, 0.15) is 0 Å². The van der Waals surface area contributed by atoms with Crippen molar-refractivity contribution in [2.45, 2.75) is 38.3 Å². The molecule has 116 valence electrons. The normalized spacial score (nSPS) is 19.4. The zero-order chi connectivity index (χ0) is 15.1. The van der Waals surface area contributed by atoms with Gasteiger partial charge in [-0.05, 0) is 31.0 Å². The fraction of sp³-hybridized carbons (Fsp3) is 0.562. The zero-order valence-electron chi connectivity index (χ0n) is 12.4. The molecule has 2 rings (SSSR count). The van der Waals surface area contributed by atoms with Gasteiger partial charge in [-0.3, -0.25) is 9.69 Å². The first-order chi connectivity index (χ1) is 10.2. The summed E-state index contributed by atoms with van der Waals surface area (Å²) >= 11 is 6.25. The van der Waals surface area contributed by atoms with Crippen molar-refractivity contribution in [1.82, 2.24) is 10.2 Å². The van der Waals surface area contributed by atoms with Crippen molar-refractivity contribution in [3.05, 3.63) is 34.9 Å². The second-order valence-corrected chi connectivity index (χ2v) is 5.96. The molecule has 0 saturated carbocycles. The van der Waals surface area contributed by atoms with Crippen molar-refractivity contribution in [3.8, 4) is 0 Å². The number of nitrogens with one attached hydrogen (secondary N) is 1. The lowest BCUT2D eigenvalue weighted by Gasteiger charge is -2.36. The van der Waals surface area contributed by atoms with Crippen molar-refractivity contribution in [2.75, 3.05) is 19.6 Å². The van der Waals surface area contributed by atoms with Gasteiger partial charge in [-0.1, -0.05) is 36.2 Å². The fourth-order valence-corrected chi connectivity index (χ4v) is 2.99. The van der Waals surface area contributed by atoms with Crippen LogP contribution in [-0.4, -0.2) is 36.5 Å². The summed E-state index contributed by atoms with van der Waals surface area (Å²) in [5.41, 5.74) is 6.55. The molecule has 1 fully saturated rings. The van der Waals surface area contributed by atoms with Crippen molar-refractivity contribution in [3.63, 3.8) is 0 Å². The van der Waals surface area contributed by atoms with E-state index in [-0.39, 0.29) is 5.91 Å². The number of benzene rings is 1. The third kappa shape index (κ3) is 4.99. The summed E-state index contributed by atoms with van der Waals surface area (Å²) in [7, 11) is 0. The summed E-state index contributed by atoms with van der Waals surface area (Å²) < 4.78 is 0. The first-order valence-corrected chi connectivity index (χ1v) is 8.02. The molecule has 0 aliphatic carbocycles. The van der Waals surface area contributed by atoms with Crippen LogP contribution in [0.3, 0.4) is 0 Å². The molecule has 1 aromatic rings. The Kier molecular flexibility index (Phi) is 6.49. The van der Waals surface area contributed by atoms with Crippen LogP contribution in [0.2, 0.25) is 5.02 Å². The monoisotopic (exact) mass is 309 g/mol. The molecule has 1 heterocycles. The van der Waals surface area contributed by atoms with Crippen LogP contribution < -0.4 is 11.1 Å². The molecule has 1 aliphatic rings. The third-order valence-electron chi connectivity index (χ3n) is 3.99. The third-order valence-corrected chi connectivity index (χ3v) is 4.36. The van der Waals surface area contributed by atoms with Crippen LogP contribution in [0.25, 0.3) is 0 Å². The Morgan fingerprint density at radius 1 is 1.38 bits per heavy atom. The van der Waals surface area contributed by atoms with Gasteiger partial charge in [-0.15, -0.1) is 0 Å². The summed E-state index contributed by atoms with van der Waals surface area (Å²) in [6.45, 7) is 3.00. The molecule has 1 amide bonds. The van der Waals surface area contributed by atoms with Crippen LogP contribution in [0.5, 0.6) is 0 Å². The lowest BCUT2D eigenvalue weighted by atomic mass is 10.0.